The second kappa shape index (κ2) is 5.86. The van der Waals surface area contributed by atoms with Crippen LogP contribution in [0.2, 0.25) is 0 Å². The largest absolute Gasteiger partial charge is 0.409 e. The monoisotopic (exact) mass is 199 g/mol. The molecule has 0 aromatic heterocycles. The summed E-state index contributed by atoms with van der Waals surface area (Å²) in [4.78, 5) is 2.41. The number of hydrogen-bond donors (Lipinski definition) is 2. The molecule has 0 radical (unpaired) electrons. The van der Waals surface area contributed by atoms with E-state index in [1.54, 1.807) is 0 Å². The molecule has 1 atom stereocenters. The Balaban J connectivity index is 2.34. The fourth-order valence-electron chi connectivity index (χ4n) is 1.90. The Kier molecular flexibility index (Phi) is 4.73. The second-order valence-electron chi connectivity index (χ2n) is 4.14. The molecule has 0 bridgehead atoms. The van der Waals surface area contributed by atoms with Crippen LogP contribution >= 0.6 is 0 Å². The van der Waals surface area contributed by atoms with Gasteiger partial charge in [-0.15, -0.1) is 0 Å². The van der Waals surface area contributed by atoms with Gasteiger partial charge < -0.3 is 15.8 Å². The first-order valence-corrected chi connectivity index (χ1v) is 5.44. The maximum atomic E-state index is 8.53. The van der Waals surface area contributed by atoms with Crippen molar-refractivity contribution in [1.82, 2.24) is 4.90 Å². The van der Waals surface area contributed by atoms with Crippen molar-refractivity contribution < 1.29 is 5.21 Å². The van der Waals surface area contributed by atoms with E-state index in [-0.39, 0.29) is 5.92 Å². The van der Waals surface area contributed by atoms with E-state index in [0.717, 1.165) is 19.6 Å². The first-order valence-electron chi connectivity index (χ1n) is 5.44. The molecule has 1 heterocycles. The lowest BCUT2D eigenvalue weighted by atomic mass is 10.1. The Labute approximate surface area is 85.8 Å². The summed E-state index contributed by atoms with van der Waals surface area (Å²) < 4.78 is 0. The molecule has 3 N–H and O–H groups in total. The number of likely N-dealkylation sites (tertiary alicyclic amines) is 1. The van der Waals surface area contributed by atoms with Crippen LogP contribution in [-0.2, 0) is 0 Å². The zero-order valence-corrected chi connectivity index (χ0v) is 8.95. The molecule has 1 aliphatic heterocycles. The summed E-state index contributed by atoms with van der Waals surface area (Å²) in [6.45, 7) is 5.22. The van der Waals surface area contributed by atoms with Crippen LogP contribution in [0.1, 0.15) is 32.6 Å². The molecule has 1 saturated heterocycles. The summed E-state index contributed by atoms with van der Waals surface area (Å²) in [6.07, 6.45) is 5.24. The van der Waals surface area contributed by atoms with Gasteiger partial charge in [0.2, 0.25) is 0 Å². The van der Waals surface area contributed by atoms with Crippen molar-refractivity contribution in [3.05, 3.63) is 0 Å². The number of oxime groups is 1. The summed E-state index contributed by atoms with van der Waals surface area (Å²) in [5.41, 5.74) is 5.55. The minimum atomic E-state index is 0.151. The topological polar surface area (TPSA) is 61.8 Å². The van der Waals surface area contributed by atoms with E-state index in [1.165, 1.54) is 25.7 Å². The van der Waals surface area contributed by atoms with Crippen LogP contribution in [0.25, 0.3) is 0 Å². The van der Waals surface area contributed by atoms with E-state index in [9.17, 15) is 0 Å². The smallest absolute Gasteiger partial charge is 0.143 e. The summed E-state index contributed by atoms with van der Waals surface area (Å²) in [5.74, 6) is 0.493. The molecule has 0 spiro atoms. The molecule has 4 heteroatoms. The highest BCUT2D eigenvalue weighted by Crippen LogP contribution is 2.11. The Bertz CT molecular complexity index is 186. The fraction of sp³-hybridized carbons (Fsp3) is 0.900. The van der Waals surface area contributed by atoms with Crippen LogP contribution in [0.5, 0.6) is 0 Å². The number of nitrogens with two attached hydrogens (primary N) is 1. The van der Waals surface area contributed by atoms with Crippen molar-refractivity contribution in [1.29, 1.82) is 0 Å². The normalized spacial score (nSPS) is 23.1. The van der Waals surface area contributed by atoms with Crippen LogP contribution in [0.15, 0.2) is 5.16 Å². The van der Waals surface area contributed by atoms with Crippen molar-refractivity contribution in [2.45, 2.75) is 32.6 Å². The predicted octanol–water partition coefficient (Wildman–Crippen LogP) is 1.24. The van der Waals surface area contributed by atoms with Crippen molar-refractivity contribution in [3.63, 3.8) is 0 Å². The van der Waals surface area contributed by atoms with Gasteiger partial charge in [-0.2, -0.15) is 0 Å². The standard InChI is InChI=1S/C10H21N3O/c1-9(10(11)12-14)8-13-6-4-2-3-5-7-13/h9,14H,2-8H2,1H3,(H2,11,12). The van der Waals surface area contributed by atoms with Gasteiger partial charge in [-0.25, -0.2) is 0 Å². The molecule has 0 aromatic rings. The van der Waals surface area contributed by atoms with E-state index in [2.05, 4.69) is 10.1 Å². The highest BCUT2D eigenvalue weighted by Gasteiger charge is 2.14. The zero-order chi connectivity index (χ0) is 10.4. The average molecular weight is 199 g/mol. The minimum Gasteiger partial charge on any atom is -0.409 e. The quantitative estimate of drug-likeness (QED) is 0.311. The molecule has 14 heavy (non-hydrogen) atoms. The molecule has 1 fully saturated rings. The third kappa shape index (κ3) is 3.54. The third-order valence-corrected chi connectivity index (χ3v) is 2.85. The maximum absolute atomic E-state index is 8.53. The van der Waals surface area contributed by atoms with E-state index in [1.807, 2.05) is 6.92 Å². The summed E-state index contributed by atoms with van der Waals surface area (Å²) in [5, 5.41) is 11.6. The Hall–Kier alpha value is -0.770. The molecule has 1 aliphatic rings. The SMILES string of the molecule is CC(CN1CCCCCC1)/C(N)=N/O. The van der Waals surface area contributed by atoms with E-state index in [0.29, 0.717) is 5.84 Å². The molecule has 0 aliphatic carbocycles. The Morgan fingerprint density at radius 2 is 1.93 bits per heavy atom. The van der Waals surface area contributed by atoms with E-state index >= 15 is 0 Å². The number of hydrogen-bond acceptors (Lipinski definition) is 3. The van der Waals surface area contributed by atoms with Gasteiger partial charge in [0.25, 0.3) is 0 Å². The molecule has 82 valence electrons. The average Bonchev–Trinajstić information content (AvgIpc) is 2.45. The molecule has 0 amide bonds. The van der Waals surface area contributed by atoms with Gasteiger partial charge in [0.15, 0.2) is 0 Å². The fourth-order valence-corrected chi connectivity index (χ4v) is 1.90. The molecular formula is C10H21N3O. The van der Waals surface area contributed by atoms with Gasteiger partial charge in [-0.05, 0) is 25.9 Å². The van der Waals surface area contributed by atoms with E-state index < -0.39 is 0 Å². The first kappa shape index (κ1) is 11.3. The third-order valence-electron chi connectivity index (χ3n) is 2.85. The summed E-state index contributed by atoms with van der Waals surface area (Å²) in [7, 11) is 0. The Morgan fingerprint density at radius 3 is 2.43 bits per heavy atom. The molecule has 4 nitrogen and oxygen atoms in total. The molecule has 1 rings (SSSR count). The minimum absolute atomic E-state index is 0.151. The number of amidine groups is 1. The number of nitrogens with zero attached hydrogens (tertiary/aromatic N) is 2. The molecule has 0 aromatic carbocycles. The highest BCUT2D eigenvalue weighted by molar-refractivity contribution is 5.82. The molecule has 1 unspecified atom stereocenters. The lowest BCUT2D eigenvalue weighted by Gasteiger charge is -2.22. The van der Waals surface area contributed by atoms with Gasteiger partial charge >= 0.3 is 0 Å². The van der Waals surface area contributed by atoms with Gasteiger partial charge in [0, 0.05) is 12.5 Å². The summed E-state index contributed by atoms with van der Waals surface area (Å²) in [6, 6.07) is 0. The Morgan fingerprint density at radius 1 is 1.36 bits per heavy atom. The zero-order valence-electron chi connectivity index (χ0n) is 8.95. The van der Waals surface area contributed by atoms with Gasteiger partial charge in [0.1, 0.15) is 5.84 Å². The lowest BCUT2D eigenvalue weighted by molar-refractivity contribution is 0.262. The van der Waals surface area contributed by atoms with E-state index in [4.69, 9.17) is 10.9 Å². The van der Waals surface area contributed by atoms with Crippen molar-refractivity contribution >= 4 is 5.84 Å². The maximum Gasteiger partial charge on any atom is 0.143 e. The van der Waals surface area contributed by atoms with Crippen molar-refractivity contribution in [2.75, 3.05) is 19.6 Å². The van der Waals surface area contributed by atoms with Crippen molar-refractivity contribution in [3.8, 4) is 0 Å². The predicted molar refractivity (Wildman–Crippen MR) is 57.5 cm³/mol. The highest BCUT2D eigenvalue weighted by atomic mass is 16.4. The van der Waals surface area contributed by atoms with Gasteiger partial charge in [0.05, 0.1) is 0 Å². The number of rotatable bonds is 3. The molecular weight excluding hydrogens is 178 g/mol. The van der Waals surface area contributed by atoms with Crippen LogP contribution in [0.3, 0.4) is 0 Å². The van der Waals surface area contributed by atoms with Gasteiger partial charge in [-0.1, -0.05) is 24.9 Å². The van der Waals surface area contributed by atoms with Crippen LogP contribution in [-0.4, -0.2) is 35.6 Å². The second-order valence-corrected chi connectivity index (χ2v) is 4.14. The van der Waals surface area contributed by atoms with Crippen LogP contribution < -0.4 is 5.73 Å². The summed E-state index contributed by atoms with van der Waals surface area (Å²) >= 11 is 0. The van der Waals surface area contributed by atoms with Crippen LogP contribution in [0.4, 0.5) is 0 Å². The lowest BCUT2D eigenvalue weighted by Crippen LogP contribution is -2.35. The first-order chi connectivity index (χ1) is 6.74. The van der Waals surface area contributed by atoms with Crippen LogP contribution in [0, 0.1) is 5.92 Å². The molecule has 0 saturated carbocycles. The van der Waals surface area contributed by atoms with Gasteiger partial charge in [-0.3, -0.25) is 0 Å². The van der Waals surface area contributed by atoms with Crippen molar-refractivity contribution in [2.24, 2.45) is 16.8 Å².